The van der Waals surface area contributed by atoms with Crippen molar-refractivity contribution in [2.75, 3.05) is 27.8 Å². The Kier molecular flexibility index (Phi) is 22.6. The van der Waals surface area contributed by atoms with Crippen LogP contribution in [0.15, 0.2) is 91.1 Å². The Morgan fingerprint density at radius 1 is 1.06 bits per heavy atom. The highest BCUT2D eigenvalue weighted by Gasteiger charge is 2.22. The van der Waals surface area contributed by atoms with E-state index in [0.717, 1.165) is 53.6 Å². The predicted octanol–water partition coefficient (Wildman–Crippen LogP) is 11.7. The summed E-state index contributed by atoms with van der Waals surface area (Å²) in [7, 11) is 5.25. The smallest absolute Gasteiger partial charge is 0.137 e. The van der Waals surface area contributed by atoms with Gasteiger partial charge in [-0.15, -0.1) is 6.58 Å². The first-order valence-electron chi connectivity index (χ1n) is 16.4. The summed E-state index contributed by atoms with van der Waals surface area (Å²) in [5.41, 5.74) is 12.5. The largest absolute Gasteiger partial charge is 0.464 e. The number of aryl methyl sites for hydroxylation is 1. The second-order valence-electron chi connectivity index (χ2n) is 10.8. The van der Waals surface area contributed by atoms with Crippen molar-refractivity contribution in [3.63, 3.8) is 0 Å². The van der Waals surface area contributed by atoms with Gasteiger partial charge in [-0.05, 0) is 78.2 Å². The average Bonchev–Trinajstić information content (AvgIpc) is 3.54. The summed E-state index contributed by atoms with van der Waals surface area (Å²) in [6, 6.07) is 18.6. The van der Waals surface area contributed by atoms with E-state index in [1.54, 1.807) is 26.5 Å². The molecule has 2 N–H and O–H groups in total. The highest BCUT2D eigenvalue weighted by molar-refractivity contribution is 6.32. The summed E-state index contributed by atoms with van der Waals surface area (Å²) in [6.07, 6.45) is 8.35. The van der Waals surface area contributed by atoms with Crippen LogP contribution in [0.5, 0.6) is 0 Å². The number of hydrogen-bond donors (Lipinski definition) is 1. The zero-order valence-corrected chi connectivity index (χ0v) is 31.0. The lowest BCUT2D eigenvalue weighted by atomic mass is 9.95. The number of furan rings is 1. The van der Waals surface area contributed by atoms with E-state index >= 15 is 0 Å². The SMILES string of the molecule is C=C(N)c1c(Cl)cc2c(c1F)CCN(C)C2.C=CCCc1cccc(C(C)C)c1.C=Cc1ccc2ccoc2c1.CC.CC.COC. The molecule has 0 radical (unpaired) electrons. The molecule has 0 saturated carbocycles. The number of nitrogens with two attached hydrogens (primary N) is 1. The van der Waals surface area contributed by atoms with Gasteiger partial charge in [-0.3, -0.25) is 0 Å². The van der Waals surface area contributed by atoms with Gasteiger partial charge in [0.1, 0.15) is 11.4 Å². The van der Waals surface area contributed by atoms with Crippen LogP contribution in [0.3, 0.4) is 0 Å². The first-order valence-corrected chi connectivity index (χ1v) is 16.8. The van der Waals surface area contributed by atoms with Crippen LogP contribution in [0.2, 0.25) is 5.02 Å². The summed E-state index contributed by atoms with van der Waals surface area (Å²) in [6.45, 7) is 25.0. The van der Waals surface area contributed by atoms with Gasteiger partial charge in [0.25, 0.3) is 0 Å². The van der Waals surface area contributed by atoms with Crippen molar-refractivity contribution in [3.05, 3.63) is 131 Å². The maximum atomic E-state index is 14.1. The second-order valence-corrected chi connectivity index (χ2v) is 11.2. The van der Waals surface area contributed by atoms with Crippen molar-refractivity contribution in [1.29, 1.82) is 0 Å². The van der Waals surface area contributed by atoms with Crippen molar-refractivity contribution >= 4 is 34.3 Å². The Morgan fingerprint density at radius 3 is 2.30 bits per heavy atom. The standard InChI is InChI=1S/C13H18.C12H14ClFN2.C10H8O.C2H6O.2C2H6/c1-4-5-7-12-8-6-9-13(10-12)11(2)3;1-7(15)11-10(13)5-8-6-16(2)4-3-9(8)12(11)14;1-2-8-3-4-9-5-6-11-10(9)7-8;1-3-2;2*1-2/h4,6,8-11H,1,5,7H2,2-3H3;5H,1,3-4,6,15H2,2H3;2-7H,1H2;1-2H3;2*1-2H3. The minimum absolute atomic E-state index is 0.184. The quantitative estimate of drug-likeness (QED) is 0.208. The molecule has 0 atom stereocenters. The fourth-order valence-corrected chi connectivity index (χ4v) is 4.90. The molecule has 0 unspecified atom stereocenters. The number of halogens is 2. The Balaban J connectivity index is 0.000000623. The lowest BCUT2D eigenvalue weighted by molar-refractivity contribution is 0.277. The Morgan fingerprint density at radius 2 is 1.72 bits per heavy atom. The predicted molar refractivity (Wildman–Crippen MR) is 206 cm³/mol. The molecule has 0 spiro atoms. The third-order valence-corrected chi connectivity index (χ3v) is 7.19. The number of benzene rings is 3. The van der Waals surface area contributed by atoms with E-state index in [0.29, 0.717) is 17.4 Å². The van der Waals surface area contributed by atoms with E-state index in [4.69, 9.17) is 21.8 Å². The average molecular weight is 665 g/mol. The van der Waals surface area contributed by atoms with Crippen LogP contribution >= 0.6 is 11.6 Å². The topological polar surface area (TPSA) is 51.6 Å². The van der Waals surface area contributed by atoms with Crippen LogP contribution in [-0.2, 0) is 24.1 Å². The number of rotatable bonds is 6. The highest BCUT2D eigenvalue weighted by Crippen LogP contribution is 2.31. The monoisotopic (exact) mass is 664 g/mol. The van der Waals surface area contributed by atoms with Gasteiger partial charge in [0.05, 0.1) is 16.8 Å². The number of ether oxygens (including phenoxy) is 1. The molecule has 1 aliphatic heterocycles. The lowest BCUT2D eigenvalue weighted by Crippen LogP contribution is -2.27. The number of hydrogen-bond acceptors (Lipinski definition) is 4. The van der Waals surface area contributed by atoms with E-state index in [2.05, 4.69) is 67.5 Å². The van der Waals surface area contributed by atoms with E-state index in [-0.39, 0.29) is 17.1 Å². The molecule has 4 aromatic rings. The van der Waals surface area contributed by atoms with Gasteiger partial charge in [-0.2, -0.15) is 0 Å². The first kappa shape index (κ1) is 43.4. The van der Waals surface area contributed by atoms with E-state index < -0.39 is 0 Å². The van der Waals surface area contributed by atoms with Crippen molar-refractivity contribution in [2.45, 2.75) is 73.3 Å². The van der Waals surface area contributed by atoms with Gasteiger partial charge in [-0.1, -0.05) is 115 Å². The number of likely N-dealkylation sites (N-methyl/N-ethyl adjacent to an activating group) is 1. The van der Waals surface area contributed by atoms with Gasteiger partial charge >= 0.3 is 0 Å². The molecule has 0 saturated heterocycles. The highest BCUT2D eigenvalue weighted by atomic mass is 35.5. The molecule has 258 valence electrons. The molecule has 0 aliphatic carbocycles. The molecule has 3 aromatic carbocycles. The van der Waals surface area contributed by atoms with Crippen LogP contribution in [0.25, 0.3) is 22.7 Å². The lowest BCUT2D eigenvalue weighted by Gasteiger charge is -2.26. The normalized spacial score (nSPS) is 11.3. The van der Waals surface area contributed by atoms with Crippen LogP contribution in [0, 0.1) is 5.82 Å². The molecule has 0 amide bonds. The second kappa shape index (κ2) is 24.5. The molecule has 1 aliphatic rings. The summed E-state index contributed by atoms with van der Waals surface area (Å²) in [4.78, 5) is 2.13. The number of allylic oxidation sites excluding steroid dienone is 1. The van der Waals surface area contributed by atoms with Gasteiger partial charge in [0.2, 0.25) is 0 Å². The Labute approximate surface area is 289 Å². The summed E-state index contributed by atoms with van der Waals surface area (Å²) >= 11 is 6.01. The fraction of sp³-hybridized carbons (Fsp3) is 0.366. The number of fused-ring (bicyclic) bond motifs is 2. The molecule has 1 aromatic heterocycles. The molecule has 4 nitrogen and oxygen atoms in total. The molecule has 6 heteroatoms. The van der Waals surface area contributed by atoms with Crippen molar-refractivity contribution in [3.8, 4) is 0 Å². The zero-order valence-electron chi connectivity index (χ0n) is 30.3. The summed E-state index contributed by atoms with van der Waals surface area (Å²) < 4.78 is 23.6. The minimum atomic E-state index is -0.303. The summed E-state index contributed by atoms with van der Waals surface area (Å²) in [5, 5.41) is 1.48. The van der Waals surface area contributed by atoms with Crippen molar-refractivity contribution in [2.24, 2.45) is 5.73 Å². The third-order valence-electron chi connectivity index (χ3n) is 6.89. The Hall–Kier alpha value is -3.64. The third kappa shape index (κ3) is 14.8. The van der Waals surface area contributed by atoms with Crippen LogP contribution in [0.4, 0.5) is 4.39 Å². The van der Waals surface area contributed by atoms with Crippen molar-refractivity contribution in [1.82, 2.24) is 4.90 Å². The van der Waals surface area contributed by atoms with Crippen LogP contribution < -0.4 is 5.73 Å². The zero-order chi connectivity index (χ0) is 35.9. The molecule has 0 bridgehead atoms. The van der Waals surface area contributed by atoms with Gasteiger partial charge in [0.15, 0.2) is 0 Å². The number of methoxy groups -OCH3 is 1. The number of nitrogens with zero attached hydrogens (tertiary/aromatic N) is 1. The van der Waals surface area contributed by atoms with E-state index in [9.17, 15) is 4.39 Å². The molecule has 0 fully saturated rings. The maximum absolute atomic E-state index is 14.1. The van der Waals surface area contributed by atoms with Gasteiger partial charge in [0, 0.05) is 38.4 Å². The molecule has 47 heavy (non-hydrogen) atoms. The summed E-state index contributed by atoms with van der Waals surface area (Å²) in [5.74, 6) is 0.326. The Bertz CT molecular complexity index is 1490. The molecule has 5 rings (SSSR count). The molecular weight excluding hydrogens is 607 g/mol. The van der Waals surface area contributed by atoms with Crippen LogP contribution in [-0.4, -0.2) is 32.7 Å². The maximum Gasteiger partial charge on any atom is 0.137 e. The minimum Gasteiger partial charge on any atom is -0.464 e. The van der Waals surface area contributed by atoms with Crippen molar-refractivity contribution < 1.29 is 13.5 Å². The van der Waals surface area contributed by atoms with E-state index in [1.165, 1.54) is 11.1 Å². The van der Waals surface area contributed by atoms with E-state index in [1.807, 2.05) is 71.2 Å². The molecular formula is C41H58ClFN2O2. The molecule has 2 heterocycles. The van der Waals surface area contributed by atoms with Gasteiger partial charge < -0.3 is 19.8 Å². The van der Waals surface area contributed by atoms with Gasteiger partial charge in [-0.25, -0.2) is 4.39 Å². The fourth-order valence-electron chi connectivity index (χ4n) is 4.56. The first-order chi connectivity index (χ1) is 22.6. The van der Waals surface area contributed by atoms with Crippen LogP contribution in [0.1, 0.15) is 87.3 Å².